The Morgan fingerprint density at radius 2 is 2.11 bits per heavy atom. The topological polar surface area (TPSA) is 49.4 Å². The maximum atomic E-state index is 12.2. The minimum Gasteiger partial charge on any atom is -0.202 e. The molecule has 1 rings (SSSR count). The van der Waals surface area contributed by atoms with Gasteiger partial charge in [0.1, 0.15) is 0 Å². The predicted octanol–water partition coefficient (Wildman–Crippen LogP) is 2.21. The van der Waals surface area contributed by atoms with Gasteiger partial charge in [0.05, 0.1) is 0 Å². The third-order valence-electron chi connectivity index (χ3n) is 3.46. The van der Waals surface area contributed by atoms with Crippen molar-refractivity contribution < 1.29 is 8.42 Å². The lowest BCUT2D eigenvalue weighted by atomic mass is 9.91. The van der Waals surface area contributed by atoms with Crippen molar-refractivity contribution in [2.45, 2.75) is 40.0 Å². The summed E-state index contributed by atoms with van der Waals surface area (Å²) in [6, 6.07) is 0. The van der Waals surface area contributed by atoms with Crippen LogP contribution in [-0.4, -0.2) is 38.2 Å². The van der Waals surface area contributed by atoms with Crippen LogP contribution in [0.2, 0.25) is 0 Å². The molecule has 1 heterocycles. The van der Waals surface area contributed by atoms with Crippen LogP contribution in [0.3, 0.4) is 0 Å². The highest BCUT2D eigenvalue weighted by Crippen LogP contribution is 2.21. The first-order chi connectivity index (χ1) is 8.27. The molecule has 0 saturated carbocycles. The molecule has 0 amide bonds. The molecule has 1 unspecified atom stereocenters. The highest BCUT2D eigenvalue weighted by Gasteiger charge is 2.28. The van der Waals surface area contributed by atoms with Gasteiger partial charge in [-0.3, -0.25) is 0 Å². The van der Waals surface area contributed by atoms with Crippen molar-refractivity contribution in [3.05, 3.63) is 0 Å². The van der Waals surface area contributed by atoms with E-state index in [-0.39, 0.29) is 5.41 Å². The normalized spacial score (nSPS) is 23.2. The Morgan fingerprint density at radius 1 is 1.44 bits per heavy atom. The second-order valence-corrected chi connectivity index (χ2v) is 8.17. The fourth-order valence-corrected chi connectivity index (χ4v) is 4.17. The fourth-order valence-electron chi connectivity index (χ4n) is 2.09. The Kier molecular flexibility index (Phi) is 5.90. The van der Waals surface area contributed by atoms with Gasteiger partial charge in [-0.2, -0.15) is 12.7 Å². The third kappa shape index (κ3) is 5.03. The van der Waals surface area contributed by atoms with Crippen molar-refractivity contribution in [2.75, 3.05) is 25.5 Å². The monoisotopic (exact) mass is 296 g/mol. The number of piperidine rings is 1. The van der Waals surface area contributed by atoms with Gasteiger partial charge in [0.2, 0.25) is 0 Å². The summed E-state index contributed by atoms with van der Waals surface area (Å²) in [4.78, 5) is 0. The third-order valence-corrected chi connectivity index (χ3v) is 5.17. The molecule has 0 spiro atoms. The molecule has 0 radical (unpaired) electrons. The molecule has 1 aliphatic rings. The quantitative estimate of drug-likeness (QED) is 0.764. The van der Waals surface area contributed by atoms with E-state index in [2.05, 4.69) is 11.6 Å². The van der Waals surface area contributed by atoms with Crippen molar-refractivity contribution in [3.8, 4) is 0 Å². The lowest BCUT2D eigenvalue weighted by molar-refractivity contribution is 0.273. The zero-order valence-corrected chi connectivity index (χ0v) is 13.1. The van der Waals surface area contributed by atoms with Crippen LogP contribution in [0.1, 0.15) is 40.0 Å². The molecule has 0 aromatic heterocycles. The molecule has 1 N–H and O–H groups in total. The maximum Gasteiger partial charge on any atom is 0.279 e. The predicted molar refractivity (Wildman–Crippen MR) is 76.0 cm³/mol. The minimum absolute atomic E-state index is 0.101. The van der Waals surface area contributed by atoms with Gasteiger partial charge in [-0.15, -0.1) is 11.6 Å². The zero-order chi connectivity index (χ0) is 13.8. The first-order valence-electron chi connectivity index (χ1n) is 6.57. The number of rotatable bonds is 6. The van der Waals surface area contributed by atoms with Gasteiger partial charge in [-0.25, -0.2) is 4.72 Å². The molecule has 1 saturated heterocycles. The molecule has 0 aromatic carbocycles. The Morgan fingerprint density at radius 3 is 2.67 bits per heavy atom. The van der Waals surface area contributed by atoms with E-state index < -0.39 is 10.2 Å². The number of halogens is 1. The van der Waals surface area contributed by atoms with Crippen molar-refractivity contribution in [2.24, 2.45) is 11.3 Å². The molecule has 108 valence electrons. The summed E-state index contributed by atoms with van der Waals surface area (Å²) in [6.07, 6.45) is 2.87. The first kappa shape index (κ1) is 16.2. The fraction of sp³-hybridized carbons (Fsp3) is 1.00. The molecule has 0 bridgehead atoms. The molecule has 6 heteroatoms. The van der Waals surface area contributed by atoms with E-state index >= 15 is 0 Å². The van der Waals surface area contributed by atoms with Crippen molar-refractivity contribution >= 4 is 21.8 Å². The molecule has 0 aromatic rings. The van der Waals surface area contributed by atoms with Gasteiger partial charge in [-0.05, 0) is 30.6 Å². The minimum atomic E-state index is -3.33. The maximum absolute atomic E-state index is 12.2. The molecule has 1 aliphatic heterocycles. The Bertz CT molecular complexity index is 357. The lowest BCUT2D eigenvalue weighted by Gasteiger charge is -2.31. The van der Waals surface area contributed by atoms with E-state index in [1.807, 2.05) is 13.8 Å². The highest BCUT2D eigenvalue weighted by molar-refractivity contribution is 7.87. The van der Waals surface area contributed by atoms with E-state index in [4.69, 9.17) is 11.6 Å². The van der Waals surface area contributed by atoms with Crippen LogP contribution in [-0.2, 0) is 10.2 Å². The summed E-state index contributed by atoms with van der Waals surface area (Å²) < 4.78 is 28.6. The number of nitrogens with zero attached hydrogens (tertiary/aromatic N) is 1. The number of hydrogen-bond acceptors (Lipinski definition) is 2. The zero-order valence-electron chi connectivity index (χ0n) is 11.6. The van der Waals surface area contributed by atoms with Crippen LogP contribution in [0.5, 0.6) is 0 Å². The first-order valence-corrected chi connectivity index (χ1v) is 8.55. The van der Waals surface area contributed by atoms with Crippen molar-refractivity contribution in [1.29, 1.82) is 0 Å². The van der Waals surface area contributed by atoms with Crippen LogP contribution < -0.4 is 4.72 Å². The summed E-state index contributed by atoms with van der Waals surface area (Å²) in [5, 5.41) is 0. The summed E-state index contributed by atoms with van der Waals surface area (Å²) in [6.45, 7) is 7.85. The molecule has 18 heavy (non-hydrogen) atoms. The molecule has 4 nitrogen and oxygen atoms in total. The van der Waals surface area contributed by atoms with E-state index in [9.17, 15) is 8.42 Å². The van der Waals surface area contributed by atoms with Crippen LogP contribution in [0, 0.1) is 11.3 Å². The van der Waals surface area contributed by atoms with Gasteiger partial charge in [0, 0.05) is 25.5 Å². The number of hydrogen-bond donors (Lipinski definition) is 1. The highest BCUT2D eigenvalue weighted by atomic mass is 35.5. The SMILES string of the molecule is CC1CCCN(S(=O)(=O)NCC(C)(C)CCCl)C1. The smallest absolute Gasteiger partial charge is 0.202 e. The van der Waals surface area contributed by atoms with Crippen molar-refractivity contribution in [1.82, 2.24) is 9.03 Å². The Balaban J connectivity index is 2.54. The molecular weight excluding hydrogens is 272 g/mol. The summed E-state index contributed by atoms with van der Waals surface area (Å²) >= 11 is 5.72. The van der Waals surface area contributed by atoms with Crippen LogP contribution >= 0.6 is 11.6 Å². The molecule has 1 atom stereocenters. The van der Waals surface area contributed by atoms with Crippen LogP contribution in [0.15, 0.2) is 0 Å². The van der Waals surface area contributed by atoms with Gasteiger partial charge >= 0.3 is 0 Å². The molecular formula is C12H25ClN2O2S. The number of nitrogens with one attached hydrogen (secondary N) is 1. The van der Waals surface area contributed by atoms with Gasteiger partial charge in [0.25, 0.3) is 10.2 Å². The summed E-state index contributed by atoms with van der Waals surface area (Å²) in [7, 11) is -3.33. The largest absolute Gasteiger partial charge is 0.279 e. The Labute approximate surface area is 116 Å². The van der Waals surface area contributed by atoms with Gasteiger partial charge in [-0.1, -0.05) is 20.8 Å². The Hall–Kier alpha value is 0.160. The molecule has 1 fully saturated rings. The lowest BCUT2D eigenvalue weighted by Crippen LogP contribution is -2.47. The average Bonchev–Trinajstić information content (AvgIpc) is 2.27. The van der Waals surface area contributed by atoms with Gasteiger partial charge < -0.3 is 0 Å². The van der Waals surface area contributed by atoms with Crippen LogP contribution in [0.4, 0.5) is 0 Å². The molecule has 0 aliphatic carbocycles. The van der Waals surface area contributed by atoms with E-state index in [1.165, 1.54) is 0 Å². The number of alkyl halides is 1. The second-order valence-electron chi connectivity index (χ2n) is 6.03. The van der Waals surface area contributed by atoms with Crippen molar-refractivity contribution in [3.63, 3.8) is 0 Å². The van der Waals surface area contributed by atoms with E-state index in [0.717, 1.165) is 19.3 Å². The second kappa shape index (κ2) is 6.55. The van der Waals surface area contributed by atoms with E-state index in [0.29, 0.717) is 31.4 Å². The average molecular weight is 297 g/mol. The standard InChI is InChI=1S/C12H25ClN2O2S/c1-11-5-4-8-15(9-11)18(16,17)14-10-12(2,3)6-7-13/h11,14H,4-10H2,1-3H3. The van der Waals surface area contributed by atoms with Crippen LogP contribution in [0.25, 0.3) is 0 Å². The summed E-state index contributed by atoms with van der Waals surface area (Å²) in [5.41, 5.74) is -0.101. The van der Waals surface area contributed by atoms with E-state index in [1.54, 1.807) is 4.31 Å². The summed E-state index contributed by atoms with van der Waals surface area (Å²) in [5.74, 6) is 1.00. The van der Waals surface area contributed by atoms with Gasteiger partial charge in [0.15, 0.2) is 0 Å².